The van der Waals surface area contributed by atoms with Crippen LogP contribution in [0.3, 0.4) is 0 Å². The number of fused-ring (bicyclic) bond motifs is 2. The third-order valence-electron chi connectivity index (χ3n) is 5.61. The molecule has 3 aromatic rings. The molecule has 2 atom stereocenters. The van der Waals surface area contributed by atoms with Gasteiger partial charge in [-0.2, -0.15) is 0 Å². The lowest BCUT2D eigenvalue weighted by molar-refractivity contribution is -0.124. The smallest absolute Gasteiger partial charge is 0.277 e. The third-order valence-corrected chi connectivity index (χ3v) is 6.71. The molecule has 0 bridgehead atoms. The van der Waals surface area contributed by atoms with Crippen molar-refractivity contribution in [2.45, 2.75) is 45.3 Å². The van der Waals surface area contributed by atoms with E-state index in [9.17, 15) is 9.59 Å². The van der Waals surface area contributed by atoms with Gasteiger partial charge in [0.15, 0.2) is 0 Å². The van der Waals surface area contributed by atoms with Gasteiger partial charge in [0.2, 0.25) is 5.91 Å². The van der Waals surface area contributed by atoms with Gasteiger partial charge in [0, 0.05) is 39.8 Å². The van der Waals surface area contributed by atoms with E-state index in [4.69, 9.17) is 11.1 Å². The number of aryl methyl sites for hydroxylation is 1. The van der Waals surface area contributed by atoms with E-state index >= 15 is 0 Å². The Balaban J connectivity index is 1.50. The second-order valence-electron chi connectivity index (χ2n) is 7.69. The number of carbonyl (C=O) groups is 1. The van der Waals surface area contributed by atoms with Crippen LogP contribution in [0.25, 0.3) is 10.1 Å². The summed E-state index contributed by atoms with van der Waals surface area (Å²) >= 11 is 1.55. The Morgan fingerprint density at radius 1 is 1.41 bits per heavy atom. The van der Waals surface area contributed by atoms with E-state index in [1.807, 2.05) is 32.1 Å². The average Bonchev–Trinajstić information content (AvgIpc) is 3.39. The van der Waals surface area contributed by atoms with Gasteiger partial charge in [0.25, 0.3) is 5.56 Å². The summed E-state index contributed by atoms with van der Waals surface area (Å²) < 4.78 is 2.50. The molecule has 166 valence electrons. The van der Waals surface area contributed by atoms with Crippen molar-refractivity contribution in [2.75, 3.05) is 11.1 Å². The van der Waals surface area contributed by atoms with Crippen LogP contribution in [-0.2, 0) is 17.8 Å². The van der Waals surface area contributed by atoms with Crippen molar-refractivity contribution in [3.8, 4) is 0 Å². The highest BCUT2D eigenvalue weighted by molar-refractivity contribution is 7.19. The molecule has 1 amide bonds. The quantitative estimate of drug-likeness (QED) is 0.407. The van der Waals surface area contributed by atoms with Crippen LogP contribution in [0.2, 0.25) is 0 Å². The molecule has 1 aliphatic heterocycles. The van der Waals surface area contributed by atoms with Crippen LogP contribution in [0.5, 0.6) is 0 Å². The number of anilines is 2. The number of rotatable bonds is 7. The standard InChI is InChI=1S/C22H25N7O2S/c1-3-13(8-23)12(2)28-16-11-26-20-5-4-17(29(20)22(16)31)21(30)27-10-15-6-14-9-25-19(24)7-18(14)32-15/h3,6-9,11-12,17,23,28H,4-5,10H2,1-2H3,(H2,24,25)(H,27,30)/b13-3+,23-8?. The second kappa shape index (κ2) is 8.91. The first-order chi connectivity index (χ1) is 15.4. The molecule has 32 heavy (non-hydrogen) atoms. The van der Waals surface area contributed by atoms with Crippen LogP contribution < -0.4 is 21.9 Å². The van der Waals surface area contributed by atoms with Crippen LogP contribution in [-0.4, -0.2) is 32.7 Å². The minimum Gasteiger partial charge on any atom is -0.384 e. The molecule has 1 aliphatic rings. The molecule has 9 nitrogen and oxygen atoms in total. The number of aromatic nitrogens is 3. The number of carbonyl (C=O) groups excluding carboxylic acids is 1. The number of nitrogen functional groups attached to an aromatic ring is 1. The number of nitrogens with two attached hydrogens (primary N) is 1. The van der Waals surface area contributed by atoms with Crippen molar-refractivity contribution in [1.82, 2.24) is 19.9 Å². The van der Waals surface area contributed by atoms with Crippen molar-refractivity contribution < 1.29 is 4.79 Å². The SMILES string of the molecule is C/C=C(\C=N)C(C)Nc1cnc2n(c1=O)C(C(=O)NCc1cc3cnc(N)cc3s1)CC2. The minimum atomic E-state index is -0.599. The van der Waals surface area contributed by atoms with Gasteiger partial charge in [-0.15, -0.1) is 11.3 Å². The van der Waals surface area contributed by atoms with Crippen LogP contribution >= 0.6 is 11.3 Å². The van der Waals surface area contributed by atoms with Crippen molar-refractivity contribution in [2.24, 2.45) is 0 Å². The monoisotopic (exact) mass is 451 g/mol. The number of nitrogens with one attached hydrogen (secondary N) is 3. The average molecular weight is 452 g/mol. The number of amides is 1. The number of nitrogens with zero attached hydrogens (tertiary/aromatic N) is 3. The largest absolute Gasteiger partial charge is 0.384 e. The number of hydrogen-bond acceptors (Lipinski definition) is 8. The Labute approximate surface area is 188 Å². The molecule has 0 aromatic carbocycles. The van der Waals surface area contributed by atoms with E-state index in [2.05, 4.69) is 20.6 Å². The second-order valence-corrected chi connectivity index (χ2v) is 8.86. The zero-order valence-electron chi connectivity index (χ0n) is 17.9. The van der Waals surface area contributed by atoms with Gasteiger partial charge in [0.05, 0.1) is 12.7 Å². The summed E-state index contributed by atoms with van der Waals surface area (Å²) in [5.74, 6) is 0.863. The maximum Gasteiger partial charge on any atom is 0.277 e. The van der Waals surface area contributed by atoms with Gasteiger partial charge in [-0.3, -0.25) is 14.2 Å². The summed E-state index contributed by atoms with van der Waals surface area (Å²) in [6.45, 7) is 4.08. The van der Waals surface area contributed by atoms with Crippen molar-refractivity contribution in [1.29, 1.82) is 5.41 Å². The summed E-state index contributed by atoms with van der Waals surface area (Å²) in [5.41, 5.74) is 6.54. The zero-order chi connectivity index (χ0) is 22.8. The zero-order valence-corrected chi connectivity index (χ0v) is 18.7. The molecule has 0 saturated heterocycles. The molecule has 0 saturated carbocycles. The van der Waals surface area contributed by atoms with Crippen molar-refractivity contribution in [3.05, 3.63) is 57.2 Å². The first-order valence-corrected chi connectivity index (χ1v) is 11.2. The number of pyridine rings is 1. The maximum absolute atomic E-state index is 13.1. The molecule has 0 spiro atoms. The predicted molar refractivity (Wildman–Crippen MR) is 127 cm³/mol. The molecule has 4 heterocycles. The highest BCUT2D eigenvalue weighted by atomic mass is 32.1. The molecule has 3 aromatic heterocycles. The third kappa shape index (κ3) is 4.13. The first kappa shape index (κ1) is 21.7. The van der Waals surface area contributed by atoms with E-state index in [0.29, 0.717) is 36.7 Å². The predicted octanol–water partition coefficient (Wildman–Crippen LogP) is 2.64. The Morgan fingerprint density at radius 2 is 2.22 bits per heavy atom. The molecule has 10 heteroatoms. The summed E-state index contributed by atoms with van der Waals surface area (Å²) in [4.78, 5) is 35.6. The van der Waals surface area contributed by atoms with Crippen LogP contribution in [0.4, 0.5) is 11.5 Å². The van der Waals surface area contributed by atoms with Gasteiger partial charge >= 0.3 is 0 Å². The molecule has 0 fully saturated rings. The summed E-state index contributed by atoms with van der Waals surface area (Å²) in [6.07, 6.45) is 7.40. The van der Waals surface area contributed by atoms with E-state index < -0.39 is 6.04 Å². The van der Waals surface area contributed by atoms with Gasteiger partial charge in [0.1, 0.15) is 23.4 Å². The van der Waals surface area contributed by atoms with Crippen molar-refractivity contribution >= 4 is 45.0 Å². The van der Waals surface area contributed by atoms with E-state index in [-0.39, 0.29) is 17.5 Å². The molecular weight excluding hydrogens is 426 g/mol. The van der Waals surface area contributed by atoms with Gasteiger partial charge in [-0.25, -0.2) is 9.97 Å². The van der Waals surface area contributed by atoms with Crippen LogP contribution in [0.1, 0.15) is 37.0 Å². The van der Waals surface area contributed by atoms with Gasteiger partial charge in [-0.05, 0) is 38.0 Å². The summed E-state index contributed by atoms with van der Waals surface area (Å²) in [5, 5.41) is 14.5. The van der Waals surface area contributed by atoms with E-state index in [0.717, 1.165) is 20.5 Å². The molecule has 0 radical (unpaired) electrons. The maximum atomic E-state index is 13.1. The van der Waals surface area contributed by atoms with E-state index in [1.54, 1.807) is 17.5 Å². The number of hydrogen-bond donors (Lipinski definition) is 4. The van der Waals surface area contributed by atoms with Crippen LogP contribution in [0.15, 0.2) is 41.0 Å². The fourth-order valence-electron chi connectivity index (χ4n) is 3.91. The van der Waals surface area contributed by atoms with Crippen LogP contribution in [0, 0.1) is 5.41 Å². The molecule has 4 rings (SSSR count). The topological polar surface area (TPSA) is 139 Å². The molecule has 5 N–H and O–H groups in total. The molecular formula is C22H25N7O2S. The Kier molecular flexibility index (Phi) is 6.04. The lowest BCUT2D eigenvalue weighted by Gasteiger charge is -2.18. The lowest BCUT2D eigenvalue weighted by atomic mass is 10.1. The number of thiophene rings is 1. The highest BCUT2D eigenvalue weighted by Crippen LogP contribution is 2.27. The van der Waals surface area contributed by atoms with Gasteiger partial charge < -0.3 is 21.8 Å². The Morgan fingerprint density at radius 3 is 2.97 bits per heavy atom. The molecule has 0 aliphatic carbocycles. The lowest BCUT2D eigenvalue weighted by Crippen LogP contribution is -2.37. The van der Waals surface area contributed by atoms with Gasteiger partial charge in [-0.1, -0.05) is 6.08 Å². The van der Waals surface area contributed by atoms with E-state index in [1.165, 1.54) is 17.0 Å². The minimum absolute atomic E-state index is 0.207. The summed E-state index contributed by atoms with van der Waals surface area (Å²) in [7, 11) is 0. The first-order valence-electron chi connectivity index (χ1n) is 10.4. The summed E-state index contributed by atoms with van der Waals surface area (Å²) in [6, 6.07) is 2.97. The normalized spacial score (nSPS) is 16.6. The van der Waals surface area contributed by atoms with Crippen molar-refractivity contribution in [3.63, 3.8) is 0 Å². The molecule has 2 unspecified atom stereocenters. The Hall–Kier alpha value is -3.53. The fraction of sp³-hybridized carbons (Fsp3) is 0.318. The Bertz CT molecular complexity index is 1280. The number of allylic oxidation sites excluding steroid dienone is 1. The highest BCUT2D eigenvalue weighted by Gasteiger charge is 2.31. The fourth-order valence-corrected chi connectivity index (χ4v) is 4.93.